The van der Waals surface area contributed by atoms with Crippen molar-refractivity contribution < 1.29 is 4.74 Å². The number of nitrogens with one attached hydrogen (secondary N) is 1. The van der Waals surface area contributed by atoms with E-state index in [4.69, 9.17) is 4.74 Å². The molecule has 2 rings (SSSR count). The summed E-state index contributed by atoms with van der Waals surface area (Å²) in [6.07, 6.45) is 3.92. The minimum absolute atomic E-state index is 0.744. The molecule has 2 aliphatic heterocycles. The summed E-state index contributed by atoms with van der Waals surface area (Å²) in [5.74, 6) is 4.50. The van der Waals surface area contributed by atoms with E-state index in [1.165, 1.54) is 30.8 Å². The third kappa shape index (κ3) is 2.44. The van der Waals surface area contributed by atoms with E-state index in [9.17, 15) is 0 Å². The molecule has 0 amide bonds. The van der Waals surface area contributed by atoms with Crippen molar-refractivity contribution in [2.45, 2.75) is 25.3 Å². The van der Waals surface area contributed by atoms with Crippen LogP contribution in [0.15, 0.2) is 0 Å². The van der Waals surface area contributed by atoms with Gasteiger partial charge in [0.05, 0.1) is 0 Å². The van der Waals surface area contributed by atoms with Crippen LogP contribution >= 0.6 is 11.8 Å². The van der Waals surface area contributed by atoms with Gasteiger partial charge in [0.15, 0.2) is 0 Å². The zero-order valence-corrected chi connectivity index (χ0v) is 9.81. The lowest BCUT2D eigenvalue weighted by atomic mass is 9.83. The summed E-state index contributed by atoms with van der Waals surface area (Å²) < 4.78 is 5.42. The van der Waals surface area contributed by atoms with E-state index in [0.717, 1.165) is 31.1 Å². The highest BCUT2D eigenvalue weighted by molar-refractivity contribution is 7.99. The van der Waals surface area contributed by atoms with Crippen molar-refractivity contribution in [2.24, 2.45) is 11.8 Å². The quantitative estimate of drug-likeness (QED) is 0.775. The minimum Gasteiger partial charge on any atom is -0.381 e. The van der Waals surface area contributed by atoms with E-state index in [2.05, 4.69) is 24.1 Å². The molecule has 0 aromatic rings. The van der Waals surface area contributed by atoms with Crippen LogP contribution in [0.4, 0.5) is 0 Å². The third-order valence-corrected chi connectivity index (χ3v) is 4.77. The summed E-state index contributed by atoms with van der Waals surface area (Å²) in [5.41, 5.74) is 0. The van der Waals surface area contributed by atoms with Crippen LogP contribution in [-0.4, -0.2) is 37.8 Å². The monoisotopic (exact) mass is 215 g/mol. The Morgan fingerprint density at radius 3 is 2.57 bits per heavy atom. The van der Waals surface area contributed by atoms with Gasteiger partial charge >= 0.3 is 0 Å². The van der Waals surface area contributed by atoms with Gasteiger partial charge in [-0.25, -0.2) is 0 Å². The van der Waals surface area contributed by atoms with Crippen LogP contribution < -0.4 is 5.32 Å². The molecule has 0 saturated carbocycles. The number of ether oxygens (including phenoxy) is 1. The van der Waals surface area contributed by atoms with E-state index < -0.39 is 0 Å². The fourth-order valence-electron chi connectivity index (χ4n) is 2.77. The first-order valence-electron chi connectivity index (χ1n) is 5.74. The van der Waals surface area contributed by atoms with Gasteiger partial charge in [-0.1, -0.05) is 0 Å². The molecular weight excluding hydrogens is 194 g/mol. The zero-order valence-electron chi connectivity index (χ0n) is 9.00. The lowest BCUT2D eigenvalue weighted by molar-refractivity contribution is 0.0476. The van der Waals surface area contributed by atoms with Crippen molar-refractivity contribution >= 4 is 11.8 Å². The smallest absolute Gasteiger partial charge is 0.0469 e. The van der Waals surface area contributed by atoms with E-state index in [1.807, 2.05) is 0 Å². The lowest BCUT2D eigenvalue weighted by Gasteiger charge is -2.33. The molecule has 82 valence electrons. The number of hydrogen-bond donors (Lipinski definition) is 1. The molecule has 2 saturated heterocycles. The Labute approximate surface area is 91.2 Å². The van der Waals surface area contributed by atoms with Crippen molar-refractivity contribution in [3.8, 4) is 0 Å². The predicted octanol–water partition coefficient (Wildman–Crippen LogP) is 1.75. The van der Waals surface area contributed by atoms with E-state index in [-0.39, 0.29) is 0 Å². The molecule has 2 aliphatic rings. The summed E-state index contributed by atoms with van der Waals surface area (Å²) in [7, 11) is 2.13. The van der Waals surface area contributed by atoms with E-state index in [1.54, 1.807) is 0 Å². The highest BCUT2D eigenvalue weighted by atomic mass is 32.2. The Morgan fingerprint density at radius 2 is 2.00 bits per heavy atom. The van der Waals surface area contributed by atoms with E-state index in [0.29, 0.717) is 0 Å². The Balaban J connectivity index is 1.89. The van der Waals surface area contributed by atoms with Crippen LogP contribution in [-0.2, 0) is 4.74 Å². The molecule has 0 bridgehead atoms. The molecule has 0 radical (unpaired) electrons. The summed E-state index contributed by atoms with van der Waals surface area (Å²) in [6, 6.07) is 0.744. The first-order chi connectivity index (χ1) is 6.92. The van der Waals surface area contributed by atoms with Crippen LogP contribution in [0.3, 0.4) is 0 Å². The van der Waals surface area contributed by atoms with Gasteiger partial charge in [0.2, 0.25) is 0 Å². The molecule has 0 aromatic heterocycles. The predicted molar refractivity (Wildman–Crippen MR) is 61.8 cm³/mol. The maximum Gasteiger partial charge on any atom is 0.0469 e. The van der Waals surface area contributed by atoms with Crippen LogP contribution in [0.1, 0.15) is 19.3 Å². The van der Waals surface area contributed by atoms with Crippen LogP contribution in [0.25, 0.3) is 0 Å². The maximum atomic E-state index is 5.42. The van der Waals surface area contributed by atoms with Crippen LogP contribution in [0.2, 0.25) is 0 Å². The number of thioether (sulfide) groups is 1. The van der Waals surface area contributed by atoms with Crippen LogP contribution in [0.5, 0.6) is 0 Å². The van der Waals surface area contributed by atoms with E-state index >= 15 is 0 Å². The highest BCUT2D eigenvalue weighted by Gasteiger charge is 2.31. The highest BCUT2D eigenvalue weighted by Crippen LogP contribution is 2.32. The fraction of sp³-hybridized carbons (Fsp3) is 1.00. The molecule has 3 heteroatoms. The van der Waals surface area contributed by atoms with Gasteiger partial charge in [0, 0.05) is 19.3 Å². The normalized spacial score (nSPS) is 31.9. The van der Waals surface area contributed by atoms with Gasteiger partial charge in [-0.15, -0.1) is 0 Å². The molecule has 2 nitrogen and oxygen atoms in total. The van der Waals surface area contributed by atoms with Gasteiger partial charge in [-0.2, -0.15) is 11.8 Å². The molecule has 1 N–H and O–H groups in total. The molecule has 0 aliphatic carbocycles. The largest absolute Gasteiger partial charge is 0.381 e. The van der Waals surface area contributed by atoms with Gasteiger partial charge in [-0.3, -0.25) is 0 Å². The van der Waals surface area contributed by atoms with Crippen molar-refractivity contribution in [3.63, 3.8) is 0 Å². The summed E-state index contributed by atoms with van der Waals surface area (Å²) in [4.78, 5) is 0. The molecule has 2 atom stereocenters. The molecule has 0 spiro atoms. The summed E-state index contributed by atoms with van der Waals surface area (Å²) in [6.45, 7) is 1.95. The fourth-order valence-corrected chi connectivity index (χ4v) is 4.08. The molecule has 0 aromatic carbocycles. The third-order valence-electron chi connectivity index (χ3n) is 3.58. The van der Waals surface area contributed by atoms with Crippen LogP contribution in [0, 0.1) is 11.8 Å². The van der Waals surface area contributed by atoms with Crippen molar-refractivity contribution in [2.75, 3.05) is 31.8 Å². The Kier molecular flexibility index (Phi) is 4.14. The number of hydrogen-bond acceptors (Lipinski definition) is 3. The first kappa shape index (κ1) is 10.8. The molecule has 14 heavy (non-hydrogen) atoms. The Morgan fingerprint density at radius 1 is 1.21 bits per heavy atom. The summed E-state index contributed by atoms with van der Waals surface area (Å²) in [5, 5.41) is 3.54. The second kappa shape index (κ2) is 5.38. The van der Waals surface area contributed by atoms with Gasteiger partial charge in [0.1, 0.15) is 0 Å². The molecule has 2 unspecified atom stereocenters. The lowest BCUT2D eigenvalue weighted by Crippen LogP contribution is -2.42. The Bertz CT molecular complexity index is 165. The average molecular weight is 215 g/mol. The minimum atomic E-state index is 0.744. The van der Waals surface area contributed by atoms with Crippen molar-refractivity contribution in [3.05, 3.63) is 0 Å². The second-order valence-electron chi connectivity index (χ2n) is 4.39. The van der Waals surface area contributed by atoms with Gasteiger partial charge in [0.25, 0.3) is 0 Å². The average Bonchev–Trinajstić information content (AvgIpc) is 2.74. The summed E-state index contributed by atoms with van der Waals surface area (Å²) >= 11 is 2.12. The van der Waals surface area contributed by atoms with Crippen molar-refractivity contribution in [1.29, 1.82) is 0 Å². The maximum absolute atomic E-state index is 5.42. The van der Waals surface area contributed by atoms with Gasteiger partial charge in [-0.05, 0) is 49.7 Å². The first-order valence-corrected chi connectivity index (χ1v) is 6.90. The second-order valence-corrected chi connectivity index (χ2v) is 5.54. The zero-order chi connectivity index (χ0) is 9.80. The molecule has 2 fully saturated rings. The Hall–Kier alpha value is 0.270. The van der Waals surface area contributed by atoms with Gasteiger partial charge < -0.3 is 10.1 Å². The molecular formula is C11H21NOS. The standard InChI is InChI=1S/C11H21NOS/c1-12-11(10-4-7-14-8-10)9-2-5-13-6-3-9/h9-12H,2-8H2,1H3. The van der Waals surface area contributed by atoms with Crippen molar-refractivity contribution in [1.82, 2.24) is 5.32 Å². The number of rotatable bonds is 3. The SMILES string of the molecule is CNC(C1CCOCC1)C1CCSC1. The molecule has 2 heterocycles. The topological polar surface area (TPSA) is 21.3 Å².